The van der Waals surface area contributed by atoms with Gasteiger partial charge in [0.2, 0.25) is 0 Å². The first-order chi connectivity index (χ1) is 9.25. The lowest BCUT2D eigenvalue weighted by atomic mass is 9.92. The van der Waals surface area contributed by atoms with Gasteiger partial charge in [-0.2, -0.15) is 0 Å². The summed E-state index contributed by atoms with van der Waals surface area (Å²) in [5, 5.41) is 7.66. The van der Waals surface area contributed by atoms with Crippen LogP contribution in [0, 0.1) is 0 Å². The van der Waals surface area contributed by atoms with Crippen LogP contribution in [-0.2, 0) is 19.3 Å². The maximum absolute atomic E-state index is 6.57. The minimum absolute atomic E-state index is 0. The van der Waals surface area contributed by atoms with Crippen molar-refractivity contribution >= 4 is 46.9 Å². The molecule has 2 heterocycles. The molecule has 0 saturated heterocycles. The summed E-state index contributed by atoms with van der Waals surface area (Å²) >= 11 is 14.9. The molecule has 0 saturated carbocycles. The minimum Gasteiger partial charge on any atom is -0.309 e. The zero-order chi connectivity index (χ0) is 13.0. The third kappa shape index (κ3) is 2.28. The van der Waals surface area contributed by atoms with Crippen LogP contribution in [0.25, 0.3) is 0 Å². The topological polar surface area (TPSA) is 12.0 Å². The molecular formula is C15H14Cl3NS. The SMILES string of the molecule is Cl.Clc1c2c(c(Cl)c3c1CCNC3Cc1cccs1)C2. The van der Waals surface area contributed by atoms with Crippen molar-refractivity contribution in [3.05, 3.63) is 54.7 Å². The van der Waals surface area contributed by atoms with E-state index in [1.807, 2.05) is 0 Å². The molecular weight excluding hydrogens is 333 g/mol. The molecule has 0 bridgehead atoms. The van der Waals surface area contributed by atoms with Crippen LogP contribution in [0.5, 0.6) is 0 Å². The molecule has 0 fully saturated rings. The lowest BCUT2D eigenvalue weighted by molar-refractivity contribution is 0.506. The Morgan fingerprint density at radius 2 is 2.00 bits per heavy atom. The Kier molecular flexibility index (Phi) is 4.04. The van der Waals surface area contributed by atoms with E-state index in [4.69, 9.17) is 23.2 Å². The highest BCUT2D eigenvalue weighted by molar-refractivity contribution is 7.09. The molecule has 0 radical (unpaired) electrons. The summed E-state index contributed by atoms with van der Waals surface area (Å²) in [5.74, 6) is 0. The monoisotopic (exact) mass is 345 g/mol. The van der Waals surface area contributed by atoms with Crippen LogP contribution in [0.1, 0.15) is 33.2 Å². The van der Waals surface area contributed by atoms with Crippen LogP contribution in [0.2, 0.25) is 10.0 Å². The third-order valence-electron chi connectivity index (χ3n) is 4.05. The van der Waals surface area contributed by atoms with Gasteiger partial charge in [0.1, 0.15) is 0 Å². The van der Waals surface area contributed by atoms with Crippen LogP contribution >= 0.6 is 46.9 Å². The van der Waals surface area contributed by atoms with Crippen molar-refractivity contribution < 1.29 is 0 Å². The third-order valence-corrected chi connectivity index (χ3v) is 5.84. The smallest absolute Gasteiger partial charge is 0.0496 e. The Labute approximate surface area is 138 Å². The fourth-order valence-electron chi connectivity index (χ4n) is 3.03. The average molecular weight is 347 g/mol. The number of fused-ring (bicyclic) bond motifs is 2. The largest absolute Gasteiger partial charge is 0.309 e. The number of rotatable bonds is 2. The molecule has 0 amide bonds. The van der Waals surface area contributed by atoms with Crippen molar-refractivity contribution in [2.24, 2.45) is 0 Å². The Hall–Kier alpha value is -0.250. The Morgan fingerprint density at radius 1 is 1.20 bits per heavy atom. The highest BCUT2D eigenvalue weighted by atomic mass is 35.5. The van der Waals surface area contributed by atoms with Crippen molar-refractivity contribution in [3.63, 3.8) is 0 Å². The molecule has 1 nitrogen and oxygen atoms in total. The van der Waals surface area contributed by atoms with Gasteiger partial charge in [-0.15, -0.1) is 23.7 Å². The van der Waals surface area contributed by atoms with Crippen molar-refractivity contribution in [2.75, 3.05) is 6.54 Å². The Morgan fingerprint density at radius 3 is 2.75 bits per heavy atom. The fraction of sp³-hybridized carbons (Fsp3) is 0.333. The standard InChI is InChI=1S/C15H13Cl2NS.ClH/c16-14-9-3-4-18-12(6-8-2-1-5-19-8)13(9)15(17)11-7-10(11)14;/h1-2,5,12,18H,3-4,6-7H2;1H. The molecule has 2 aromatic rings. The summed E-state index contributed by atoms with van der Waals surface area (Å²) in [7, 11) is 0. The van der Waals surface area contributed by atoms with E-state index in [0.717, 1.165) is 35.9 Å². The molecule has 1 atom stereocenters. The van der Waals surface area contributed by atoms with Gasteiger partial charge in [0.15, 0.2) is 0 Å². The van der Waals surface area contributed by atoms with Gasteiger partial charge < -0.3 is 5.32 Å². The summed E-state index contributed by atoms with van der Waals surface area (Å²) < 4.78 is 0. The van der Waals surface area contributed by atoms with Gasteiger partial charge in [-0.3, -0.25) is 0 Å². The Bertz CT molecular complexity index is 652. The predicted molar refractivity (Wildman–Crippen MR) is 89.0 cm³/mol. The van der Waals surface area contributed by atoms with Crippen LogP contribution in [0.3, 0.4) is 0 Å². The van der Waals surface area contributed by atoms with Gasteiger partial charge in [-0.1, -0.05) is 29.3 Å². The maximum Gasteiger partial charge on any atom is 0.0496 e. The first-order valence-electron chi connectivity index (χ1n) is 6.53. The molecule has 1 aliphatic carbocycles. The van der Waals surface area contributed by atoms with Crippen LogP contribution in [0.4, 0.5) is 0 Å². The zero-order valence-corrected chi connectivity index (χ0v) is 13.9. The summed E-state index contributed by atoms with van der Waals surface area (Å²) in [5.41, 5.74) is 5.08. The average Bonchev–Trinajstić information content (AvgIpc) is 3.07. The van der Waals surface area contributed by atoms with E-state index >= 15 is 0 Å². The predicted octanol–water partition coefficient (Wildman–Crippen LogP) is 4.81. The first kappa shape index (κ1) is 14.7. The summed E-state index contributed by atoms with van der Waals surface area (Å²) in [6, 6.07) is 4.59. The van der Waals surface area contributed by atoms with Crippen molar-refractivity contribution in [1.29, 1.82) is 0 Å². The van der Waals surface area contributed by atoms with E-state index in [-0.39, 0.29) is 12.4 Å². The van der Waals surface area contributed by atoms with Gasteiger partial charge in [-0.05, 0) is 46.7 Å². The van der Waals surface area contributed by atoms with Crippen LogP contribution < -0.4 is 5.32 Å². The molecule has 1 aliphatic heterocycles. The number of nitrogens with one attached hydrogen (secondary N) is 1. The van der Waals surface area contributed by atoms with Gasteiger partial charge >= 0.3 is 0 Å². The molecule has 1 N–H and O–H groups in total. The van der Waals surface area contributed by atoms with Crippen molar-refractivity contribution in [3.8, 4) is 0 Å². The van der Waals surface area contributed by atoms with Crippen molar-refractivity contribution in [1.82, 2.24) is 5.32 Å². The van der Waals surface area contributed by atoms with E-state index in [1.54, 1.807) is 11.3 Å². The molecule has 106 valence electrons. The van der Waals surface area contributed by atoms with E-state index in [1.165, 1.54) is 27.1 Å². The minimum atomic E-state index is 0. The number of hydrogen-bond donors (Lipinski definition) is 1. The summed E-state index contributed by atoms with van der Waals surface area (Å²) in [6.45, 7) is 0.984. The quantitative estimate of drug-likeness (QED) is 0.702. The molecule has 1 aromatic carbocycles. The highest BCUT2D eigenvalue weighted by Gasteiger charge is 2.34. The second kappa shape index (κ2) is 5.51. The molecule has 5 heteroatoms. The second-order valence-corrected chi connectivity index (χ2v) is 6.98. The molecule has 1 unspecified atom stereocenters. The second-order valence-electron chi connectivity index (χ2n) is 5.19. The van der Waals surface area contributed by atoms with Gasteiger partial charge in [0, 0.05) is 33.8 Å². The normalized spacial score (nSPS) is 19.0. The fourth-order valence-corrected chi connectivity index (χ4v) is 4.59. The number of thiophene rings is 1. The summed E-state index contributed by atoms with van der Waals surface area (Å²) in [4.78, 5) is 1.39. The molecule has 4 rings (SSSR count). The molecule has 1 aromatic heterocycles. The van der Waals surface area contributed by atoms with Gasteiger partial charge in [0.25, 0.3) is 0 Å². The molecule has 0 spiro atoms. The lowest BCUT2D eigenvalue weighted by Crippen LogP contribution is -2.31. The van der Waals surface area contributed by atoms with Gasteiger partial charge in [-0.25, -0.2) is 0 Å². The van der Waals surface area contributed by atoms with E-state index in [9.17, 15) is 0 Å². The number of hydrogen-bond acceptors (Lipinski definition) is 2. The van der Waals surface area contributed by atoms with Gasteiger partial charge in [0.05, 0.1) is 0 Å². The van der Waals surface area contributed by atoms with E-state index < -0.39 is 0 Å². The molecule has 2 aliphatic rings. The maximum atomic E-state index is 6.57. The highest BCUT2D eigenvalue weighted by Crippen LogP contribution is 2.48. The van der Waals surface area contributed by atoms with Crippen molar-refractivity contribution in [2.45, 2.75) is 25.3 Å². The zero-order valence-electron chi connectivity index (χ0n) is 10.7. The van der Waals surface area contributed by atoms with E-state index in [2.05, 4.69) is 22.8 Å². The first-order valence-corrected chi connectivity index (χ1v) is 8.16. The lowest BCUT2D eigenvalue weighted by Gasteiger charge is -2.28. The van der Waals surface area contributed by atoms with E-state index in [0.29, 0.717) is 6.04 Å². The van der Waals surface area contributed by atoms with Crippen LogP contribution in [-0.4, -0.2) is 6.54 Å². The number of benzene rings is 1. The summed E-state index contributed by atoms with van der Waals surface area (Å²) in [6.07, 6.45) is 2.97. The van der Waals surface area contributed by atoms with Crippen LogP contribution in [0.15, 0.2) is 17.5 Å². The number of halogens is 3. The Balaban J connectivity index is 0.00000121. The molecule has 20 heavy (non-hydrogen) atoms.